The molecule has 0 aliphatic heterocycles. The van der Waals surface area contributed by atoms with E-state index in [2.05, 4.69) is 9.50 Å². The summed E-state index contributed by atoms with van der Waals surface area (Å²) in [5.41, 5.74) is -0.255. The number of hydrogen-bond acceptors (Lipinski definition) is 4. The smallest absolute Gasteiger partial charge is 0.349 e. The fraction of sp³-hybridized carbons (Fsp3) is 0.381. The molecule has 0 saturated heterocycles. The first-order chi connectivity index (χ1) is 14.3. The molecule has 168 valence electrons. The summed E-state index contributed by atoms with van der Waals surface area (Å²) in [4.78, 5) is 12.3. The molecule has 2 aromatic carbocycles. The van der Waals surface area contributed by atoms with Crippen LogP contribution in [0.25, 0.3) is 0 Å². The summed E-state index contributed by atoms with van der Waals surface area (Å²) >= 11 is 0. The Bertz CT molecular complexity index is 1100. The molecule has 1 aliphatic carbocycles. The van der Waals surface area contributed by atoms with Gasteiger partial charge < -0.3 is 5.32 Å². The summed E-state index contributed by atoms with van der Waals surface area (Å²) in [6.07, 6.45) is -3.94. The zero-order chi connectivity index (χ0) is 23.2. The van der Waals surface area contributed by atoms with E-state index in [1.54, 1.807) is 6.92 Å². The van der Waals surface area contributed by atoms with Gasteiger partial charge in [0.05, 0.1) is 18.7 Å². The number of amides is 1. The fourth-order valence-corrected chi connectivity index (χ4v) is 4.34. The van der Waals surface area contributed by atoms with Crippen LogP contribution in [0.15, 0.2) is 47.4 Å². The average molecular weight is 458 g/mol. The van der Waals surface area contributed by atoms with Crippen molar-refractivity contribution in [2.24, 2.45) is 5.92 Å². The van der Waals surface area contributed by atoms with E-state index in [1.807, 2.05) is 6.92 Å². The molecule has 1 aliphatic rings. The van der Waals surface area contributed by atoms with E-state index >= 15 is 0 Å². The van der Waals surface area contributed by atoms with Crippen LogP contribution in [0.5, 0.6) is 0 Å². The van der Waals surface area contributed by atoms with Crippen molar-refractivity contribution in [3.63, 3.8) is 0 Å². The van der Waals surface area contributed by atoms with Crippen LogP contribution < -0.4 is 5.32 Å². The SMILES string of the molecule is COS(=N)(=O)c1ccc([C@@H](C)NC(=O)C2CC2(C)c2ccc(C(F)(F)F)cc2)cc1F. The molecule has 1 amide bonds. The highest BCUT2D eigenvalue weighted by atomic mass is 32.2. The molecule has 1 fully saturated rings. The van der Waals surface area contributed by atoms with Crippen molar-refractivity contribution in [1.29, 1.82) is 4.78 Å². The highest BCUT2D eigenvalue weighted by molar-refractivity contribution is 7.87. The molecule has 0 heterocycles. The van der Waals surface area contributed by atoms with Crippen LogP contribution in [0.4, 0.5) is 17.6 Å². The van der Waals surface area contributed by atoms with Crippen molar-refractivity contribution in [2.75, 3.05) is 7.11 Å². The molecule has 4 atom stereocenters. The Hall–Kier alpha value is -2.46. The number of alkyl halides is 3. The minimum absolute atomic E-state index is 0.291. The lowest BCUT2D eigenvalue weighted by Crippen LogP contribution is -2.30. The largest absolute Gasteiger partial charge is 0.416 e. The molecular formula is C21H22F4N2O3S. The van der Waals surface area contributed by atoms with Crippen molar-refractivity contribution in [2.45, 2.75) is 42.8 Å². The Morgan fingerprint density at radius 3 is 2.39 bits per heavy atom. The zero-order valence-corrected chi connectivity index (χ0v) is 17.9. The summed E-state index contributed by atoms with van der Waals surface area (Å²) in [6, 6.07) is 7.96. The molecule has 10 heteroatoms. The van der Waals surface area contributed by atoms with Gasteiger partial charge in [-0.15, -0.1) is 0 Å². The number of carbonyl (C=O) groups is 1. The van der Waals surface area contributed by atoms with Crippen LogP contribution >= 0.6 is 0 Å². The first-order valence-electron chi connectivity index (χ1n) is 9.41. The minimum Gasteiger partial charge on any atom is -0.349 e. The Kier molecular flexibility index (Phi) is 5.92. The molecular weight excluding hydrogens is 436 g/mol. The molecule has 1 saturated carbocycles. The summed E-state index contributed by atoms with van der Waals surface area (Å²) in [6.45, 7) is 3.47. The summed E-state index contributed by atoms with van der Waals surface area (Å²) in [7, 11) is -2.64. The van der Waals surface area contributed by atoms with Gasteiger partial charge in [0.2, 0.25) is 5.91 Å². The van der Waals surface area contributed by atoms with Crippen molar-refractivity contribution >= 4 is 15.9 Å². The van der Waals surface area contributed by atoms with Gasteiger partial charge in [-0.05, 0) is 48.7 Å². The van der Waals surface area contributed by atoms with Gasteiger partial charge in [0, 0.05) is 11.3 Å². The van der Waals surface area contributed by atoms with Crippen LogP contribution in [0.3, 0.4) is 0 Å². The Labute approximate surface area is 178 Å². The second kappa shape index (κ2) is 7.90. The molecule has 31 heavy (non-hydrogen) atoms. The molecule has 0 radical (unpaired) electrons. The Balaban J connectivity index is 1.69. The predicted octanol–water partition coefficient (Wildman–Crippen LogP) is 4.97. The topological polar surface area (TPSA) is 79.2 Å². The van der Waals surface area contributed by atoms with E-state index < -0.39 is 44.9 Å². The lowest BCUT2D eigenvalue weighted by atomic mass is 9.94. The normalized spacial score (nSPS) is 23.6. The van der Waals surface area contributed by atoms with Crippen molar-refractivity contribution in [3.8, 4) is 0 Å². The highest BCUT2D eigenvalue weighted by Gasteiger charge is 2.55. The molecule has 3 rings (SSSR count). The minimum atomic E-state index is -4.42. The second-order valence-electron chi connectivity index (χ2n) is 7.84. The van der Waals surface area contributed by atoms with Crippen molar-refractivity contribution < 1.29 is 30.7 Å². The van der Waals surface area contributed by atoms with Crippen LogP contribution in [-0.2, 0) is 30.6 Å². The summed E-state index contributed by atoms with van der Waals surface area (Å²) in [5.74, 6) is -1.58. The third-order valence-corrected chi connectivity index (χ3v) is 7.14. The standard InChI is InChI=1S/C21H22F4N2O3S/c1-12(13-4-9-18(17(22)10-13)31(26,29)30-3)27-19(28)16-11-20(16,2)14-5-7-15(8-6-14)21(23,24)25/h4-10,12,16,26H,11H2,1-3H3,(H,27,28)/t12-,16?,20?,31?/m1/s1. The maximum atomic E-state index is 14.3. The maximum absolute atomic E-state index is 14.3. The molecule has 0 bridgehead atoms. The number of halogens is 4. The van der Waals surface area contributed by atoms with Crippen LogP contribution in [0.2, 0.25) is 0 Å². The lowest BCUT2D eigenvalue weighted by molar-refractivity contribution is -0.137. The first kappa shape index (κ1) is 23.2. The molecule has 2 aromatic rings. The third kappa shape index (κ3) is 4.59. The van der Waals surface area contributed by atoms with E-state index in [4.69, 9.17) is 4.78 Å². The summed E-state index contributed by atoms with van der Waals surface area (Å²) in [5, 5.41) is 2.78. The fourth-order valence-electron chi connectivity index (χ4n) is 3.60. The summed E-state index contributed by atoms with van der Waals surface area (Å²) < 4.78 is 76.5. The quantitative estimate of drug-likeness (QED) is 0.600. The third-order valence-electron chi connectivity index (χ3n) is 5.76. The predicted molar refractivity (Wildman–Crippen MR) is 106 cm³/mol. The number of benzene rings is 2. The van der Waals surface area contributed by atoms with E-state index in [0.29, 0.717) is 17.5 Å². The highest BCUT2D eigenvalue weighted by Crippen LogP contribution is 2.54. The van der Waals surface area contributed by atoms with Gasteiger partial charge in [0.1, 0.15) is 10.7 Å². The Morgan fingerprint density at radius 2 is 1.87 bits per heavy atom. The molecule has 5 nitrogen and oxygen atoms in total. The van der Waals surface area contributed by atoms with Crippen molar-refractivity contribution in [1.82, 2.24) is 5.32 Å². The van der Waals surface area contributed by atoms with Crippen LogP contribution in [0, 0.1) is 16.5 Å². The molecule has 0 spiro atoms. The lowest BCUT2D eigenvalue weighted by Gasteiger charge is -2.18. The van der Waals surface area contributed by atoms with E-state index in [1.165, 1.54) is 24.3 Å². The molecule has 3 unspecified atom stereocenters. The van der Waals surface area contributed by atoms with Crippen molar-refractivity contribution in [3.05, 3.63) is 65.0 Å². The van der Waals surface area contributed by atoms with E-state index in [9.17, 15) is 26.6 Å². The zero-order valence-electron chi connectivity index (χ0n) is 17.0. The number of nitrogens with one attached hydrogen (secondary N) is 2. The van der Waals surface area contributed by atoms with Crippen LogP contribution in [-0.4, -0.2) is 17.2 Å². The molecule has 0 aromatic heterocycles. The van der Waals surface area contributed by atoms with E-state index in [0.717, 1.165) is 25.3 Å². The maximum Gasteiger partial charge on any atom is 0.416 e. The number of hydrogen-bond donors (Lipinski definition) is 2. The van der Waals surface area contributed by atoms with Gasteiger partial charge in [-0.25, -0.2) is 13.4 Å². The van der Waals surface area contributed by atoms with Crippen LogP contribution in [0.1, 0.15) is 43.0 Å². The van der Waals surface area contributed by atoms with Gasteiger partial charge in [-0.1, -0.05) is 25.1 Å². The number of rotatable bonds is 6. The molecule has 2 N–H and O–H groups in total. The van der Waals surface area contributed by atoms with Gasteiger partial charge in [0.15, 0.2) is 10.0 Å². The monoisotopic (exact) mass is 458 g/mol. The number of carbonyl (C=O) groups excluding carboxylic acids is 1. The van der Waals surface area contributed by atoms with Gasteiger partial charge >= 0.3 is 6.18 Å². The second-order valence-corrected chi connectivity index (χ2v) is 9.62. The van der Waals surface area contributed by atoms with Gasteiger partial charge in [-0.3, -0.25) is 8.98 Å². The first-order valence-corrected chi connectivity index (χ1v) is 10.9. The van der Waals surface area contributed by atoms with Gasteiger partial charge in [0.25, 0.3) is 0 Å². The Morgan fingerprint density at radius 1 is 1.26 bits per heavy atom. The average Bonchev–Trinajstić information content (AvgIpc) is 3.40. The van der Waals surface area contributed by atoms with Gasteiger partial charge in [-0.2, -0.15) is 13.2 Å². The van der Waals surface area contributed by atoms with E-state index in [-0.39, 0.29) is 10.8 Å².